The molecule has 1 saturated heterocycles. The molecule has 114 valence electrons. The largest absolute Gasteiger partial charge is 0.381 e. The van der Waals surface area contributed by atoms with Gasteiger partial charge in [0.05, 0.1) is 17.5 Å². The molecular weight excluding hydrogens is 280 g/mol. The third-order valence-corrected chi connectivity index (χ3v) is 6.06. The molecule has 3 N–H and O–H groups in total. The molecule has 0 amide bonds. The SMILES string of the molecule is COC1CCN(S(=O)(=O)c2c(C)n[nH]c2C)C(CN)C1. The van der Waals surface area contributed by atoms with Crippen LogP contribution in [0.4, 0.5) is 0 Å². The van der Waals surface area contributed by atoms with E-state index < -0.39 is 10.0 Å². The number of sulfonamides is 1. The average molecular weight is 302 g/mol. The molecular formula is C12H22N4O3S. The fourth-order valence-electron chi connectivity index (χ4n) is 2.77. The summed E-state index contributed by atoms with van der Waals surface area (Å²) in [7, 11) is -1.92. The molecule has 7 nitrogen and oxygen atoms in total. The number of methoxy groups -OCH3 is 1. The van der Waals surface area contributed by atoms with Crippen molar-refractivity contribution < 1.29 is 13.2 Å². The second-order valence-electron chi connectivity index (χ2n) is 5.15. The predicted octanol–water partition coefficient (Wildman–Crippen LogP) is 0.153. The van der Waals surface area contributed by atoms with Gasteiger partial charge in [-0.15, -0.1) is 0 Å². The Morgan fingerprint density at radius 3 is 2.70 bits per heavy atom. The van der Waals surface area contributed by atoms with Crippen molar-refractivity contribution in [3.63, 3.8) is 0 Å². The molecule has 2 atom stereocenters. The van der Waals surface area contributed by atoms with E-state index >= 15 is 0 Å². The van der Waals surface area contributed by atoms with Gasteiger partial charge in [0.1, 0.15) is 4.90 Å². The molecule has 0 bridgehead atoms. The number of aromatic amines is 1. The number of piperidine rings is 1. The van der Waals surface area contributed by atoms with E-state index in [0.717, 1.165) is 0 Å². The summed E-state index contributed by atoms with van der Waals surface area (Å²) in [4.78, 5) is 0.270. The quantitative estimate of drug-likeness (QED) is 0.824. The smallest absolute Gasteiger partial charge is 0.247 e. The van der Waals surface area contributed by atoms with E-state index in [-0.39, 0.29) is 23.6 Å². The second-order valence-corrected chi connectivity index (χ2v) is 6.98. The van der Waals surface area contributed by atoms with Crippen LogP contribution in [0.2, 0.25) is 0 Å². The third kappa shape index (κ3) is 2.60. The van der Waals surface area contributed by atoms with Crippen molar-refractivity contribution in [2.24, 2.45) is 5.73 Å². The number of hydrogen-bond acceptors (Lipinski definition) is 5. The molecule has 0 aromatic carbocycles. The number of aromatic nitrogens is 2. The van der Waals surface area contributed by atoms with Crippen LogP contribution < -0.4 is 5.73 Å². The zero-order valence-electron chi connectivity index (χ0n) is 12.1. The van der Waals surface area contributed by atoms with Gasteiger partial charge in [0, 0.05) is 26.2 Å². The van der Waals surface area contributed by atoms with Gasteiger partial charge in [-0.3, -0.25) is 5.10 Å². The molecule has 1 fully saturated rings. The second kappa shape index (κ2) is 5.80. The summed E-state index contributed by atoms with van der Waals surface area (Å²) in [5.74, 6) is 0. The molecule has 0 saturated carbocycles. The van der Waals surface area contributed by atoms with Gasteiger partial charge in [0.15, 0.2) is 0 Å². The highest BCUT2D eigenvalue weighted by Crippen LogP contribution is 2.28. The lowest BCUT2D eigenvalue weighted by atomic mass is 10.0. The number of aryl methyl sites for hydroxylation is 2. The Morgan fingerprint density at radius 2 is 2.20 bits per heavy atom. The molecule has 0 radical (unpaired) electrons. The molecule has 1 aliphatic rings. The molecule has 0 aliphatic carbocycles. The standard InChI is InChI=1S/C12H22N4O3S/c1-8-12(9(2)15-14-8)20(17,18)16-5-4-11(19-3)6-10(16)7-13/h10-11H,4-7,13H2,1-3H3,(H,14,15). The Morgan fingerprint density at radius 1 is 1.50 bits per heavy atom. The van der Waals surface area contributed by atoms with Gasteiger partial charge in [0.25, 0.3) is 0 Å². The molecule has 2 heterocycles. The summed E-state index contributed by atoms with van der Waals surface area (Å²) < 4.78 is 32.5. The molecule has 1 aliphatic heterocycles. The van der Waals surface area contributed by atoms with Gasteiger partial charge in [-0.1, -0.05) is 0 Å². The minimum absolute atomic E-state index is 0.0709. The Balaban J connectivity index is 2.34. The minimum atomic E-state index is -3.57. The van der Waals surface area contributed by atoms with Crippen LogP contribution in [0.1, 0.15) is 24.2 Å². The predicted molar refractivity (Wildman–Crippen MR) is 74.8 cm³/mol. The van der Waals surface area contributed by atoms with Crippen molar-refractivity contribution in [3.8, 4) is 0 Å². The van der Waals surface area contributed by atoms with Gasteiger partial charge in [-0.05, 0) is 26.7 Å². The first-order valence-electron chi connectivity index (χ1n) is 6.68. The fourth-order valence-corrected chi connectivity index (χ4v) is 4.77. The maximum absolute atomic E-state index is 12.8. The van der Waals surface area contributed by atoms with E-state index in [2.05, 4.69) is 10.2 Å². The number of hydrogen-bond donors (Lipinski definition) is 2. The summed E-state index contributed by atoms with van der Waals surface area (Å²) in [6, 6.07) is -0.229. The van der Waals surface area contributed by atoms with Gasteiger partial charge in [0.2, 0.25) is 10.0 Å². The fraction of sp³-hybridized carbons (Fsp3) is 0.750. The number of rotatable bonds is 4. The number of nitrogens with two attached hydrogens (primary N) is 1. The van der Waals surface area contributed by atoms with Gasteiger partial charge < -0.3 is 10.5 Å². The van der Waals surface area contributed by atoms with Crippen molar-refractivity contribution in [2.45, 2.75) is 43.7 Å². The Bertz CT molecular complexity index is 550. The van der Waals surface area contributed by atoms with E-state index in [1.54, 1.807) is 21.0 Å². The molecule has 2 rings (SSSR count). The number of nitrogens with zero attached hydrogens (tertiary/aromatic N) is 2. The van der Waals surface area contributed by atoms with Crippen LogP contribution in [0.15, 0.2) is 4.90 Å². The maximum atomic E-state index is 12.8. The Hall–Kier alpha value is -0.960. The zero-order valence-corrected chi connectivity index (χ0v) is 12.9. The first-order valence-corrected chi connectivity index (χ1v) is 8.12. The lowest BCUT2D eigenvalue weighted by Crippen LogP contribution is -2.51. The molecule has 1 aromatic heterocycles. The van der Waals surface area contributed by atoms with E-state index in [1.165, 1.54) is 4.31 Å². The van der Waals surface area contributed by atoms with Crippen molar-refractivity contribution in [2.75, 3.05) is 20.2 Å². The first-order chi connectivity index (χ1) is 9.41. The average Bonchev–Trinajstić information content (AvgIpc) is 2.77. The molecule has 0 spiro atoms. The van der Waals surface area contributed by atoms with Crippen molar-refractivity contribution in [3.05, 3.63) is 11.4 Å². The van der Waals surface area contributed by atoms with Gasteiger partial charge >= 0.3 is 0 Å². The molecule has 2 unspecified atom stereocenters. The van der Waals surface area contributed by atoms with E-state index in [9.17, 15) is 8.42 Å². The van der Waals surface area contributed by atoms with Crippen LogP contribution >= 0.6 is 0 Å². The van der Waals surface area contributed by atoms with Crippen LogP contribution in [0, 0.1) is 13.8 Å². The first kappa shape index (κ1) is 15.4. The lowest BCUT2D eigenvalue weighted by molar-refractivity contribution is 0.0401. The van der Waals surface area contributed by atoms with E-state index in [4.69, 9.17) is 10.5 Å². The maximum Gasteiger partial charge on any atom is 0.247 e. The Kier molecular flexibility index (Phi) is 4.48. The van der Waals surface area contributed by atoms with Crippen molar-refractivity contribution in [1.29, 1.82) is 0 Å². The van der Waals surface area contributed by atoms with Crippen LogP contribution in [0.5, 0.6) is 0 Å². The molecule has 8 heteroatoms. The summed E-state index contributed by atoms with van der Waals surface area (Å²) in [6.45, 7) is 4.11. The highest BCUT2D eigenvalue weighted by Gasteiger charge is 2.38. The minimum Gasteiger partial charge on any atom is -0.381 e. The monoisotopic (exact) mass is 302 g/mol. The topological polar surface area (TPSA) is 101 Å². The Labute approximate surface area is 119 Å². The van der Waals surface area contributed by atoms with Crippen LogP contribution in [0.25, 0.3) is 0 Å². The zero-order chi connectivity index (χ0) is 14.9. The summed E-state index contributed by atoms with van der Waals surface area (Å²) in [5.41, 5.74) is 6.81. The normalized spacial score (nSPS) is 25.0. The number of nitrogens with one attached hydrogen (secondary N) is 1. The summed E-state index contributed by atoms with van der Waals surface area (Å²) in [5, 5.41) is 6.70. The number of H-pyrrole nitrogens is 1. The van der Waals surface area contributed by atoms with E-state index in [0.29, 0.717) is 30.8 Å². The molecule has 1 aromatic rings. The molecule has 20 heavy (non-hydrogen) atoms. The van der Waals surface area contributed by atoms with Crippen molar-refractivity contribution in [1.82, 2.24) is 14.5 Å². The van der Waals surface area contributed by atoms with Gasteiger partial charge in [-0.25, -0.2) is 8.42 Å². The summed E-state index contributed by atoms with van der Waals surface area (Å²) >= 11 is 0. The highest BCUT2D eigenvalue weighted by molar-refractivity contribution is 7.89. The van der Waals surface area contributed by atoms with Crippen molar-refractivity contribution >= 4 is 10.0 Å². The third-order valence-electron chi connectivity index (χ3n) is 3.85. The van der Waals surface area contributed by atoms with Crippen LogP contribution in [-0.4, -0.2) is 55.3 Å². The highest BCUT2D eigenvalue weighted by atomic mass is 32.2. The van der Waals surface area contributed by atoms with Gasteiger partial charge in [-0.2, -0.15) is 9.40 Å². The number of ether oxygens (including phenoxy) is 1. The summed E-state index contributed by atoms with van der Waals surface area (Å²) in [6.07, 6.45) is 1.38. The van der Waals surface area contributed by atoms with Crippen LogP contribution in [0.3, 0.4) is 0 Å². The van der Waals surface area contributed by atoms with E-state index in [1.807, 2.05) is 0 Å². The lowest BCUT2D eigenvalue weighted by Gasteiger charge is -2.37. The van der Waals surface area contributed by atoms with Crippen LogP contribution in [-0.2, 0) is 14.8 Å².